The molecule has 2 aliphatic heterocycles. The molecular formula is C17H20N2O2. The molecule has 2 heterocycles. The Hall–Kier alpha value is -1.84. The second kappa shape index (κ2) is 4.86. The Morgan fingerprint density at radius 2 is 1.81 bits per heavy atom. The van der Waals surface area contributed by atoms with Crippen LogP contribution in [0, 0.1) is 0 Å². The van der Waals surface area contributed by atoms with Crippen LogP contribution in [0.4, 0.5) is 0 Å². The van der Waals surface area contributed by atoms with Crippen molar-refractivity contribution in [3.05, 3.63) is 35.9 Å². The number of fused-ring (bicyclic) bond motifs is 1. The van der Waals surface area contributed by atoms with E-state index in [1.54, 1.807) is 0 Å². The smallest absolute Gasteiger partial charge is 0.245 e. The maximum absolute atomic E-state index is 12.8. The number of benzene rings is 1. The molecule has 0 radical (unpaired) electrons. The van der Waals surface area contributed by atoms with Gasteiger partial charge in [-0.15, -0.1) is 0 Å². The first-order chi connectivity index (χ1) is 10.3. The van der Waals surface area contributed by atoms with Gasteiger partial charge in [0, 0.05) is 31.5 Å². The fourth-order valence-corrected chi connectivity index (χ4v) is 3.90. The number of nitrogens with zero attached hydrogens (tertiary/aromatic N) is 2. The lowest BCUT2D eigenvalue weighted by Crippen LogP contribution is -2.44. The van der Waals surface area contributed by atoms with Crippen LogP contribution in [-0.2, 0) is 9.59 Å². The third-order valence-corrected chi connectivity index (χ3v) is 5.09. The van der Waals surface area contributed by atoms with E-state index in [0.29, 0.717) is 24.9 Å². The van der Waals surface area contributed by atoms with Crippen molar-refractivity contribution >= 4 is 11.8 Å². The number of amides is 2. The fourth-order valence-electron chi connectivity index (χ4n) is 3.90. The van der Waals surface area contributed by atoms with Gasteiger partial charge in [-0.1, -0.05) is 30.3 Å². The van der Waals surface area contributed by atoms with Gasteiger partial charge in [0.25, 0.3) is 0 Å². The van der Waals surface area contributed by atoms with Crippen molar-refractivity contribution < 1.29 is 9.59 Å². The van der Waals surface area contributed by atoms with Crippen LogP contribution in [-0.4, -0.2) is 46.8 Å². The fraction of sp³-hybridized carbons (Fsp3) is 0.529. The van der Waals surface area contributed by atoms with E-state index in [-0.39, 0.29) is 17.9 Å². The zero-order valence-electron chi connectivity index (χ0n) is 12.1. The van der Waals surface area contributed by atoms with Crippen LogP contribution in [0.5, 0.6) is 0 Å². The maximum Gasteiger partial charge on any atom is 0.245 e. The zero-order valence-corrected chi connectivity index (χ0v) is 12.1. The van der Waals surface area contributed by atoms with E-state index in [1.165, 1.54) is 5.56 Å². The molecule has 3 fully saturated rings. The first kappa shape index (κ1) is 12.9. The predicted octanol–water partition coefficient (Wildman–Crippen LogP) is 1.77. The highest BCUT2D eigenvalue weighted by Gasteiger charge is 2.49. The van der Waals surface area contributed by atoms with Gasteiger partial charge in [-0.05, 0) is 24.8 Å². The van der Waals surface area contributed by atoms with Crippen LogP contribution in [0.25, 0.3) is 0 Å². The number of carbonyl (C=O) groups excluding carboxylic acids is 2. The molecule has 1 aromatic carbocycles. The number of hydrogen-bond donors (Lipinski definition) is 0. The van der Waals surface area contributed by atoms with Crippen LogP contribution < -0.4 is 0 Å². The van der Waals surface area contributed by atoms with Crippen LogP contribution in [0.3, 0.4) is 0 Å². The summed E-state index contributed by atoms with van der Waals surface area (Å²) in [6.07, 6.45) is 3.32. The van der Waals surface area contributed by atoms with Gasteiger partial charge in [0.05, 0.1) is 0 Å². The third-order valence-electron chi connectivity index (χ3n) is 5.09. The first-order valence-corrected chi connectivity index (χ1v) is 7.90. The van der Waals surface area contributed by atoms with Gasteiger partial charge in [0.2, 0.25) is 11.8 Å². The molecule has 4 rings (SSSR count). The van der Waals surface area contributed by atoms with Gasteiger partial charge in [-0.2, -0.15) is 0 Å². The molecule has 0 bridgehead atoms. The van der Waals surface area contributed by atoms with Crippen LogP contribution >= 0.6 is 0 Å². The highest BCUT2D eigenvalue weighted by atomic mass is 16.2. The van der Waals surface area contributed by atoms with Crippen molar-refractivity contribution in [2.24, 2.45) is 0 Å². The lowest BCUT2D eigenvalue weighted by atomic mass is 10.1. The molecule has 3 aliphatic rings. The monoisotopic (exact) mass is 284 g/mol. The topological polar surface area (TPSA) is 40.6 Å². The van der Waals surface area contributed by atoms with Crippen molar-refractivity contribution in [3.8, 4) is 0 Å². The normalized spacial score (nSPS) is 32.1. The molecule has 0 spiro atoms. The lowest BCUT2D eigenvalue weighted by Gasteiger charge is -2.25. The summed E-state index contributed by atoms with van der Waals surface area (Å²) in [5, 5.41) is 0. The molecule has 3 atom stereocenters. The Bertz CT molecular complexity index is 571. The van der Waals surface area contributed by atoms with E-state index in [2.05, 4.69) is 24.3 Å². The van der Waals surface area contributed by atoms with E-state index < -0.39 is 0 Å². The molecule has 4 nitrogen and oxygen atoms in total. The highest BCUT2D eigenvalue weighted by molar-refractivity contribution is 5.91. The van der Waals surface area contributed by atoms with E-state index in [9.17, 15) is 9.59 Å². The Balaban J connectivity index is 1.53. The molecule has 2 amide bonds. The second-order valence-corrected chi connectivity index (χ2v) is 6.35. The number of hydrogen-bond acceptors (Lipinski definition) is 2. The molecule has 3 unspecified atom stereocenters. The maximum atomic E-state index is 12.8. The van der Waals surface area contributed by atoms with Gasteiger partial charge in [-0.25, -0.2) is 0 Å². The van der Waals surface area contributed by atoms with E-state index in [0.717, 1.165) is 25.8 Å². The summed E-state index contributed by atoms with van der Waals surface area (Å²) >= 11 is 0. The second-order valence-electron chi connectivity index (χ2n) is 6.35. The SMILES string of the molecule is O=C1CCN(C2CC2c2ccccc2)C(=O)C2CCCN12. The standard InChI is InChI=1S/C17H20N2O2/c20-16-8-10-19(17(21)14-7-4-9-18(14)16)15-11-13(15)12-5-2-1-3-6-12/h1-3,5-6,13-15H,4,7-11H2. The molecule has 4 heteroatoms. The predicted molar refractivity (Wildman–Crippen MR) is 78.7 cm³/mol. The largest absolute Gasteiger partial charge is 0.337 e. The molecule has 1 aromatic rings. The van der Waals surface area contributed by atoms with Gasteiger partial charge < -0.3 is 9.80 Å². The average Bonchev–Trinajstić information content (AvgIpc) is 3.16. The quantitative estimate of drug-likeness (QED) is 0.830. The first-order valence-electron chi connectivity index (χ1n) is 7.90. The van der Waals surface area contributed by atoms with Gasteiger partial charge >= 0.3 is 0 Å². The van der Waals surface area contributed by atoms with Crippen LogP contribution in [0.1, 0.15) is 37.2 Å². The summed E-state index contributed by atoms with van der Waals surface area (Å²) in [4.78, 5) is 28.7. The average molecular weight is 284 g/mol. The van der Waals surface area contributed by atoms with E-state index in [4.69, 9.17) is 0 Å². The summed E-state index contributed by atoms with van der Waals surface area (Å²) in [5.41, 5.74) is 1.31. The molecule has 0 N–H and O–H groups in total. The summed E-state index contributed by atoms with van der Waals surface area (Å²) in [7, 11) is 0. The van der Waals surface area contributed by atoms with Crippen molar-refractivity contribution in [1.82, 2.24) is 9.80 Å². The minimum absolute atomic E-state index is 0.158. The molecule has 1 saturated carbocycles. The molecule has 0 aromatic heterocycles. The lowest BCUT2D eigenvalue weighted by molar-refractivity contribution is -0.139. The highest BCUT2D eigenvalue weighted by Crippen LogP contribution is 2.45. The third kappa shape index (κ3) is 2.13. The van der Waals surface area contributed by atoms with Crippen LogP contribution in [0.2, 0.25) is 0 Å². The van der Waals surface area contributed by atoms with E-state index >= 15 is 0 Å². The Kier molecular flexibility index (Phi) is 2.98. The van der Waals surface area contributed by atoms with Crippen molar-refractivity contribution in [2.75, 3.05) is 13.1 Å². The molecule has 21 heavy (non-hydrogen) atoms. The minimum Gasteiger partial charge on any atom is -0.337 e. The number of carbonyl (C=O) groups is 2. The van der Waals surface area contributed by atoms with E-state index in [1.807, 2.05) is 15.9 Å². The van der Waals surface area contributed by atoms with Crippen LogP contribution in [0.15, 0.2) is 30.3 Å². The summed E-state index contributed by atoms with van der Waals surface area (Å²) in [6, 6.07) is 10.5. The summed E-state index contributed by atoms with van der Waals surface area (Å²) in [5.74, 6) is 0.797. The Morgan fingerprint density at radius 3 is 2.62 bits per heavy atom. The molecular weight excluding hydrogens is 264 g/mol. The van der Waals surface area contributed by atoms with Crippen molar-refractivity contribution in [2.45, 2.75) is 43.7 Å². The molecule has 2 saturated heterocycles. The van der Waals surface area contributed by atoms with Gasteiger partial charge in [-0.3, -0.25) is 9.59 Å². The van der Waals surface area contributed by atoms with Crippen molar-refractivity contribution in [3.63, 3.8) is 0 Å². The Morgan fingerprint density at radius 1 is 1.00 bits per heavy atom. The van der Waals surface area contributed by atoms with Crippen molar-refractivity contribution in [1.29, 1.82) is 0 Å². The zero-order chi connectivity index (χ0) is 14.4. The molecule has 110 valence electrons. The van der Waals surface area contributed by atoms with Gasteiger partial charge in [0.1, 0.15) is 6.04 Å². The molecule has 1 aliphatic carbocycles. The minimum atomic E-state index is -0.183. The number of rotatable bonds is 2. The Labute approximate surface area is 124 Å². The van der Waals surface area contributed by atoms with Gasteiger partial charge in [0.15, 0.2) is 0 Å². The summed E-state index contributed by atoms with van der Waals surface area (Å²) in [6.45, 7) is 1.36. The summed E-state index contributed by atoms with van der Waals surface area (Å²) < 4.78 is 0.